The van der Waals surface area contributed by atoms with Gasteiger partial charge in [0.15, 0.2) is 11.9 Å². The zero-order valence-corrected chi connectivity index (χ0v) is 9.25. The number of halogens is 1. The molecule has 0 aliphatic heterocycles. The lowest BCUT2D eigenvalue weighted by atomic mass is 10.5. The molecule has 0 aromatic heterocycles. The number of rotatable bonds is 6. The molecular formula is C8H15ClN4O. The highest BCUT2D eigenvalue weighted by atomic mass is 35.5. The van der Waals surface area contributed by atoms with Gasteiger partial charge in [-0.1, -0.05) is 17.7 Å². The van der Waals surface area contributed by atoms with Crippen molar-refractivity contribution in [2.24, 2.45) is 5.10 Å². The van der Waals surface area contributed by atoms with E-state index < -0.39 is 5.62 Å². The summed E-state index contributed by atoms with van der Waals surface area (Å²) in [5.74, 6) is 0. The molecule has 0 amide bonds. The van der Waals surface area contributed by atoms with E-state index >= 15 is 0 Å². The van der Waals surface area contributed by atoms with Crippen LogP contribution in [0.5, 0.6) is 0 Å². The number of hydrogen-bond acceptors (Lipinski definition) is 5. The zero-order valence-electron chi connectivity index (χ0n) is 8.49. The van der Waals surface area contributed by atoms with Crippen molar-refractivity contribution in [3.8, 4) is 0 Å². The second-order valence-corrected chi connectivity index (χ2v) is 2.98. The van der Waals surface area contributed by atoms with E-state index in [-0.39, 0.29) is 0 Å². The molecule has 0 spiro atoms. The minimum atomic E-state index is -0.473. The Morgan fingerprint density at radius 3 is 2.79 bits per heavy atom. The number of nitrogens with zero attached hydrogens (tertiary/aromatic N) is 2. The first-order chi connectivity index (χ1) is 6.60. The average molecular weight is 219 g/mol. The third kappa shape index (κ3) is 6.45. The number of nitrogens with one attached hydrogen (secondary N) is 2. The van der Waals surface area contributed by atoms with Gasteiger partial charge in [0.25, 0.3) is 0 Å². The summed E-state index contributed by atoms with van der Waals surface area (Å²) in [5.41, 5.74) is 2.67. The van der Waals surface area contributed by atoms with Crippen molar-refractivity contribution in [3.63, 3.8) is 0 Å². The van der Waals surface area contributed by atoms with Crippen molar-refractivity contribution in [1.82, 2.24) is 15.9 Å². The number of carbonyl (C=O) groups excluding carboxylic acids is 1. The van der Waals surface area contributed by atoms with Gasteiger partial charge in [0.2, 0.25) is 0 Å². The van der Waals surface area contributed by atoms with Crippen LogP contribution in [0, 0.1) is 0 Å². The number of hydrogen-bond donors (Lipinski definition) is 2. The highest BCUT2D eigenvalue weighted by molar-refractivity contribution is 6.26. The maximum atomic E-state index is 10.3. The molecule has 1 atom stereocenters. The van der Waals surface area contributed by atoms with E-state index in [0.717, 1.165) is 0 Å². The SMILES string of the molecule is C/C=C/NC(Cl)NN(C)/N=C(\C)C=O. The molecule has 0 aliphatic rings. The molecule has 0 saturated heterocycles. The predicted octanol–water partition coefficient (Wildman–Crippen LogP) is 0.643. The van der Waals surface area contributed by atoms with Crippen molar-refractivity contribution < 1.29 is 4.79 Å². The monoisotopic (exact) mass is 218 g/mol. The van der Waals surface area contributed by atoms with Crippen molar-refractivity contribution in [2.75, 3.05) is 7.05 Å². The number of hydrazone groups is 1. The Hall–Kier alpha value is -1.07. The fraction of sp³-hybridized carbons (Fsp3) is 0.500. The highest BCUT2D eigenvalue weighted by Gasteiger charge is 2.01. The van der Waals surface area contributed by atoms with Gasteiger partial charge in [0.1, 0.15) is 0 Å². The molecule has 0 heterocycles. The molecule has 0 aromatic rings. The van der Waals surface area contributed by atoms with Crippen LogP contribution in [0.2, 0.25) is 0 Å². The van der Waals surface area contributed by atoms with Gasteiger partial charge < -0.3 is 5.32 Å². The van der Waals surface area contributed by atoms with Gasteiger partial charge in [-0.2, -0.15) is 10.5 Å². The topological polar surface area (TPSA) is 56.7 Å². The van der Waals surface area contributed by atoms with Crippen molar-refractivity contribution in [1.29, 1.82) is 0 Å². The van der Waals surface area contributed by atoms with Gasteiger partial charge in [-0.25, -0.2) is 5.12 Å². The van der Waals surface area contributed by atoms with E-state index in [1.54, 1.807) is 20.2 Å². The molecule has 0 aliphatic carbocycles. The molecular weight excluding hydrogens is 204 g/mol. The Morgan fingerprint density at radius 1 is 1.64 bits per heavy atom. The van der Waals surface area contributed by atoms with Crippen LogP contribution >= 0.6 is 11.6 Å². The average Bonchev–Trinajstić information content (AvgIpc) is 2.14. The number of allylic oxidation sites excluding steroid dienone is 1. The molecule has 0 rings (SSSR count). The van der Waals surface area contributed by atoms with Gasteiger partial charge >= 0.3 is 0 Å². The van der Waals surface area contributed by atoms with E-state index in [9.17, 15) is 4.79 Å². The number of aldehydes is 1. The minimum Gasteiger partial charge on any atom is -0.362 e. The molecule has 1 unspecified atom stereocenters. The van der Waals surface area contributed by atoms with E-state index in [1.807, 2.05) is 13.0 Å². The van der Waals surface area contributed by atoms with Gasteiger partial charge in [0.05, 0.1) is 5.71 Å². The van der Waals surface area contributed by atoms with Gasteiger partial charge in [-0.05, 0) is 20.0 Å². The first-order valence-electron chi connectivity index (χ1n) is 4.11. The summed E-state index contributed by atoms with van der Waals surface area (Å²) < 4.78 is 0. The molecule has 0 radical (unpaired) electrons. The quantitative estimate of drug-likeness (QED) is 0.172. The third-order valence-corrected chi connectivity index (χ3v) is 1.41. The maximum Gasteiger partial charge on any atom is 0.172 e. The molecule has 0 aromatic carbocycles. The molecule has 0 fully saturated rings. The predicted molar refractivity (Wildman–Crippen MR) is 57.7 cm³/mol. The van der Waals surface area contributed by atoms with Crippen molar-refractivity contribution in [3.05, 3.63) is 12.3 Å². The highest BCUT2D eigenvalue weighted by Crippen LogP contribution is 1.88. The molecule has 80 valence electrons. The summed E-state index contributed by atoms with van der Waals surface area (Å²) >= 11 is 5.81. The Morgan fingerprint density at radius 2 is 2.29 bits per heavy atom. The summed E-state index contributed by atoms with van der Waals surface area (Å²) in [4.78, 5) is 10.3. The Labute approximate surface area is 88.8 Å². The van der Waals surface area contributed by atoms with Crippen LogP contribution in [-0.2, 0) is 4.79 Å². The summed E-state index contributed by atoms with van der Waals surface area (Å²) in [6.07, 6.45) is 4.19. The van der Waals surface area contributed by atoms with Crippen LogP contribution in [0.4, 0.5) is 0 Å². The summed E-state index contributed by atoms with van der Waals surface area (Å²) in [7, 11) is 1.65. The minimum absolute atomic E-state index is 0.370. The summed E-state index contributed by atoms with van der Waals surface area (Å²) in [6.45, 7) is 3.48. The normalized spacial score (nSPS) is 14.1. The number of hydrazine groups is 1. The van der Waals surface area contributed by atoms with Crippen LogP contribution < -0.4 is 10.7 Å². The number of alkyl halides is 1. The van der Waals surface area contributed by atoms with Crippen LogP contribution in [0.3, 0.4) is 0 Å². The fourth-order valence-corrected chi connectivity index (χ4v) is 0.885. The lowest BCUT2D eigenvalue weighted by Crippen LogP contribution is -2.43. The van der Waals surface area contributed by atoms with Crippen LogP contribution in [0.15, 0.2) is 17.4 Å². The third-order valence-electron chi connectivity index (χ3n) is 1.19. The number of carbonyl (C=O) groups is 1. The molecule has 5 nitrogen and oxygen atoms in total. The first kappa shape index (κ1) is 12.9. The summed E-state index contributed by atoms with van der Waals surface area (Å²) in [5, 5.41) is 8.07. The molecule has 0 bridgehead atoms. The smallest absolute Gasteiger partial charge is 0.172 e. The second-order valence-electron chi connectivity index (χ2n) is 2.54. The fourth-order valence-electron chi connectivity index (χ4n) is 0.671. The van der Waals surface area contributed by atoms with Crippen molar-refractivity contribution in [2.45, 2.75) is 19.5 Å². The molecule has 2 N–H and O–H groups in total. The molecule has 6 heteroatoms. The van der Waals surface area contributed by atoms with Gasteiger partial charge in [0, 0.05) is 7.05 Å². The summed E-state index contributed by atoms with van der Waals surface area (Å²) in [6, 6.07) is 0. The zero-order chi connectivity index (χ0) is 11.0. The van der Waals surface area contributed by atoms with E-state index in [2.05, 4.69) is 15.8 Å². The second kappa shape index (κ2) is 7.34. The van der Waals surface area contributed by atoms with E-state index in [0.29, 0.717) is 12.0 Å². The molecule has 14 heavy (non-hydrogen) atoms. The van der Waals surface area contributed by atoms with Gasteiger partial charge in [-0.15, -0.1) is 0 Å². The lowest BCUT2D eigenvalue weighted by Gasteiger charge is -2.19. The first-order valence-corrected chi connectivity index (χ1v) is 4.55. The molecule has 0 saturated carbocycles. The Bertz CT molecular complexity index is 229. The van der Waals surface area contributed by atoms with Gasteiger partial charge in [-0.3, -0.25) is 4.79 Å². The van der Waals surface area contributed by atoms with Crippen molar-refractivity contribution >= 4 is 23.6 Å². The Kier molecular flexibility index (Phi) is 6.78. The lowest BCUT2D eigenvalue weighted by molar-refractivity contribution is -0.102. The standard InChI is InChI=1S/C8H15ClN4O/c1-4-5-10-8(9)12-13(3)11-7(2)6-14/h4-6,8,10,12H,1-3H3/b5-4+,11-7+. The van der Waals surface area contributed by atoms with Crippen LogP contribution in [-0.4, -0.2) is 29.8 Å². The van der Waals surface area contributed by atoms with Crippen LogP contribution in [0.25, 0.3) is 0 Å². The van der Waals surface area contributed by atoms with E-state index in [1.165, 1.54) is 5.12 Å². The van der Waals surface area contributed by atoms with E-state index in [4.69, 9.17) is 11.6 Å². The van der Waals surface area contributed by atoms with Crippen LogP contribution in [0.1, 0.15) is 13.8 Å². The largest absolute Gasteiger partial charge is 0.362 e. The Balaban J connectivity index is 3.92. The maximum absolute atomic E-state index is 10.3.